The van der Waals surface area contributed by atoms with Crippen molar-refractivity contribution in [1.82, 2.24) is 0 Å². The molecule has 0 saturated heterocycles. The minimum atomic E-state index is -4.64. The third-order valence-electron chi connectivity index (χ3n) is 5.95. The maximum absolute atomic E-state index is 14.6. The molecule has 1 aliphatic carbocycles. The van der Waals surface area contributed by atoms with Crippen molar-refractivity contribution in [3.05, 3.63) is 88.7 Å². The molecule has 2 nitrogen and oxygen atoms in total. The first-order valence-electron chi connectivity index (χ1n) is 10.5. The van der Waals surface area contributed by atoms with Gasteiger partial charge in [0.2, 0.25) is 0 Å². The molecular formula is C25H19F7O2. The Balaban J connectivity index is 1.58. The topological polar surface area (TPSA) is 29.5 Å². The highest BCUT2D eigenvalue weighted by molar-refractivity contribution is 5.64. The van der Waals surface area contributed by atoms with Crippen molar-refractivity contribution in [1.29, 1.82) is 0 Å². The minimum Gasteiger partial charge on any atom is -0.429 e. The van der Waals surface area contributed by atoms with Gasteiger partial charge in [0.1, 0.15) is 22.9 Å². The minimum absolute atomic E-state index is 0.000891. The smallest absolute Gasteiger partial charge is 0.429 e. The SMILES string of the molecule is OC1CCC(c2ccc(-c3cc(F)c(C(F)(F)Oc4cc(F)c(F)c(F)c4)c(F)c3)cc2)CC1. The summed E-state index contributed by atoms with van der Waals surface area (Å²) in [5.41, 5.74) is -0.361. The summed E-state index contributed by atoms with van der Waals surface area (Å²) in [4.78, 5) is 0. The molecule has 34 heavy (non-hydrogen) atoms. The lowest BCUT2D eigenvalue weighted by Gasteiger charge is -2.25. The fourth-order valence-corrected chi connectivity index (χ4v) is 4.16. The quantitative estimate of drug-likeness (QED) is 0.307. The van der Waals surface area contributed by atoms with E-state index in [0.29, 0.717) is 30.5 Å². The number of rotatable bonds is 5. The summed E-state index contributed by atoms with van der Waals surface area (Å²) >= 11 is 0. The van der Waals surface area contributed by atoms with E-state index >= 15 is 0 Å². The fraction of sp³-hybridized carbons (Fsp3) is 0.280. The van der Waals surface area contributed by atoms with E-state index in [-0.39, 0.29) is 29.7 Å². The second-order valence-corrected chi connectivity index (χ2v) is 8.26. The number of benzene rings is 3. The highest BCUT2D eigenvalue weighted by atomic mass is 19.3. The van der Waals surface area contributed by atoms with Gasteiger partial charge in [0.15, 0.2) is 17.5 Å². The van der Waals surface area contributed by atoms with Crippen molar-refractivity contribution in [3.63, 3.8) is 0 Å². The largest absolute Gasteiger partial charge is 0.432 e. The van der Waals surface area contributed by atoms with Gasteiger partial charge in [-0.05, 0) is 60.4 Å². The molecule has 180 valence electrons. The molecule has 1 aliphatic rings. The number of hydrogen-bond acceptors (Lipinski definition) is 2. The summed E-state index contributed by atoms with van der Waals surface area (Å²) in [6.45, 7) is 0. The van der Waals surface area contributed by atoms with Crippen molar-refractivity contribution < 1.29 is 40.6 Å². The fourth-order valence-electron chi connectivity index (χ4n) is 4.16. The Morgan fingerprint density at radius 3 is 1.76 bits per heavy atom. The van der Waals surface area contributed by atoms with E-state index in [0.717, 1.165) is 18.4 Å². The first-order chi connectivity index (χ1) is 16.0. The molecule has 0 bridgehead atoms. The van der Waals surface area contributed by atoms with Crippen molar-refractivity contribution >= 4 is 0 Å². The number of aliphatic hydroxyl groups is 1. The monoisotopic (exact) mass is 484 g/mol. The van der Waals surface area contributed by atoms with Gasteiger partial charge in [-0.25, -0.2) is 22.0 Å². The molecule has 0 aromatic heterocycles. The van der Waals surface area contributed by atoms with E-state index in [9.17, 15) is 35.8 Å². The van der Waals surface area contributed by atoms with Gasteiger partial charge in [0, 0.05) is 12.1 Å². The van der Waals surface area contributed by atoms with Gasteiger partial charge in [-0.15, -0.1) is 0 Å². The van der Waals surface area contributed by atoms with E-state index in [4.69, 9.17) is 0 Å². The molecule has 0 unspecified atom stereocenters. The number of hydrogen-bond donors (Lipinski definition) is 1. The van der Waals surface area contributed by atoms with Crippen LogP contribution in [0, 0.1) is 29.1 Å². The second kappa shape index (κ2) is 9.29. The predicted octanol–water partition coefficient (Wildman–Crippen LogP) is 7.20. The molecule has 0 amide bonds. The number of aliphatic hydroxyl groups excluding tert-OH is 1. The molecule has 1 saturated carbocycles. The first-order valence-corrected chi connectivity index (χ1v) is 10.5. The van der Waals surface area contributed by atoms with Crippen LogP contribution < -0.4 is 4.74 Å². The zero-order valence-electron chi connectivity index (χ0n) is 17.6. The highest BCUT2D eigenvalue weighted by Crippen LogP contribution is 2.38. The van der Waals surface area contributed by atoms with E-state index < -0.39 is 46.5 Å². The molecule has 0 atom stereocenters. The van der Waals surface area contributed by atoms with Crippen LogP contribution in [0.3, 0.4) is 0 Å². The lowest BCUT2D eigenvalue weighted by atomic mass is 9.82. The van der Waals surface area contributed by atoms with Gasteiger partial charge in [0.25, 0.3) is 0 Å². The Morgan fingerprint density at radius 2 is 1.24 bits per heavy atom. The van der Waals surface area contributed by atoms with Crippen LogP contribution in [0.5, 0.6) is 5.75 Å². The summed E-state index contributed by atoms with van der Waals surface area (Å²) in [7, 11) is 0. The van der Waals surface area contributed by atoms with Gasteiger partial charge in [-0.1, -0.05) is 24.3 Å². The standard InChI is InChI=1S/C25H19F7O2/c26-19-9-16(15-3-1-13(2-4-15)14-5-7-17(33)8-6-14)10-20(27)23(19)25(31,32)34-18-11-21(28)24(30)22(29)12-18/h1-4,9-12,14,17,33H,5-8H2. The normalized spacial score (nSPS) is 18.7. The molecular weight excluding hydrogens is 465 g/mol. The molecule has 0 radical (unpaired) electrons. The van der Waals surface area contributed by atoms with E-state index in [1.54, 1.807) is 24.3 Å². The van der Waals surface area contributed by atoms with Gasteiger partial charge in [-0.2, -0.15) is 8.78 Å². The third-order valence-corrected chi connectivity index (χ3v) is 5.95. The van der Waals surface area contributed by atoms with E-state index in [1.165, 1.54) is 0 Å². The molecule has 3 aromatic carbocycles. The van der Waals surface area contributed by atoms with Crippen molar-refractivity contribution in [2.24, 2.45) is 0 Å². The van der Waals surface area contributed by atoms with Crippen LogP contribution in [0.4, 0.5) is 30.7 Å². The van der Waals surface area contributed by atoms with E-state index in [2.05, 4.69) is 4.74 Å². The summed E-state index contributed by atoms with van der Waals surface area (Å²) < 4.78 is 102. The van der Waals surface area contributed by atoms with Crippen molar-refractivity contribution in [2.75, 3.05) is 0 Å². The molecule has 0 spiro atoms. The van der Waals surface area contributed by atoms with Crippen molar-refractivity contribution in [2.45, 2.75) is 43.8 Å². The number of ether oxygens (including phenoxy) is 1. The summed E-state index contributed by atoms with van der Waals surface area (Å²) in [6, 6.07) is 8.50. The van der Waals surface area contributed by atoms with Crippen molar-refractivity contribution in [3.8, 4) is 16.9 Å². The zero-order chi connectivity index (χ0) is 24.6. The second-order valence-electron chi connectivity index (χ2n) is 8.26. The maximum atomic E-state index is 14.6. The molecule has 0 heterocycles. The molecule has 1 N–H and O–H groups in total. The van der Waals surface area contributed by atoms with Gasteiger partial charge in [0.05, 0.1) is 6.10 Å². The van der Waals surface area contributed by atoms with Crippen LogP contribution in [0.1, 0.15) is 42.7 Å². The lowest BCUT2D eigenvalue weighted by molar-refractivity contribution is -0.189. The Bertz CT molecular complexity index is 1140. The average molecular weight is 484 g/mol. The summed E-state index contributed by atoms with van der Waals surface area (Å²) in [6.07, 6.45) is -1.93. The first kappa shape index (κ1) is 24.1. The Hall–Kier alpha value is -3.07. The highest BCUT2D eigenvalue weighted by Gasteiger charge is 2.41. The van der Waals surface area contributed by atoms with Crippen LogP contribution in [0.25, 0.3) is 11.1 Å². The average Bonchev–Trinajstić information content (AvgIpc) is 2.77. The summed E-state index contributed by atoms with van der Waals surface area (Å²) in [5.74, 6) is -9.64. The summed E-state index contributed by atoms with van der Waals surface area (Å²) in [5, 5.41) is 9.63. The Kier molecular flexibility index (Phi) is 6.58. The van der Waals surface area contributed by atoms with Crippen LogP contribution in [-0.2, 0) is 6.11 Å². The molecule has 3 aromatic rings. The molecule has 1 fully saturated rings. The van der Waals surface area contributed by atoms with Crippen LogP contribution in [-0.4, -0.2) is 11.2 Å². The van der Waals surface area contributed by atoms with Gasteiger partial charge in [-0.3, -0.25) is 0 Å². The number of alkyl halides is 2. The Labute approximate surface area is 190 Å². The maximum Gasteiger partial charge on any atom is 0.432 e. The van der Waals surface area contributed by atoms with E-state index in [1.807, 2.05) is 0 Å². The van der Waals surface area contributed by atoms with Gasteiger partial charge >= 0.3 is 6.11 Å². The predicted molar refractivity (Wildman–Crippen MR) is 110 cm³/mol. The van der Waals surface area contributed by atoms with Crippen LogP contribution in [0.15, 0.2) is 48.5 Å². The van der Waals surface area contributed by atoms with Crippen LogP contribution >= 0.6 is 0 Å². The van der Waals surface area contributed by atoms with Gasteiger partial charge < -0.3 is 9.84 Å². The number of halogens is 7. The molecule has 4 rings (SSSR count). The lowest BCUT2D eigenvalue weighted by Crippen LogP contribution is -2.25. The third kappa shape index (κ3) is 4.89. The van der Waals surface area contributed by atoms with Crippen LogP contribution in [0.2, 0.25) is 0 Å². The molecule has 0 aliphatic heterocycles. The zero-order valence-corrected chi connectivity index (χ0v) is 17.6. The Morgan fingerprint density at radius 1 is 0.706 bits per heavy atom. The molecule has 9 heteroatoms.